The van der Waals surface area contributed by atoms with Crippen LogP contribution in [0, 0.1) is 0 Å². The van der Waals surface area contributed by atoms with Gasteiger partial charge in [-0.3, -0.25) is 4.79 Å². The molecule has 0 aliphatic rings. The Balaban J connectivity index is 2.98. The van der Waals surface area contributed by atoms with Gasteiger partial charge in [0.1, 0.15) is 0 Å². The minimum Gasteiger partial charge on any atom is -0.399 e. The van der Waals surface area contributed by atoms with Crippen LogP contribution in [-0.2, 0) is 0 Å². The Hall–Kier alpha value is -1.03. The van der Waals surface area contributed by atoms with E-state index in [2.05, 4.69) is 22.9 Å². The maximum Gasteiger partial charge on any atom is 0.255 e. The Morgan fingerprint density at radius 1 is 1.44 bits per heavy atom. The quantitative estimate of drug-likeness (QED) is 0.865. The lowest BCUT2D eigenvalue weighted by molar-refractivity contribution is 0.0763. The van der Waals surface area contributed by atoms with Gasteiger partial charge in [-0.1, -0.05) is 6.92 Å². The van der Waals surface area contributed by atoms with E-state index < -0.39 is 0 Å². The zero-order valence-corrected chi connectivity index (χ0v) is 11.3. The van der Waals surface area contributed by atoms with Crippen molar-refractivity contribution in [3.8, 4) is 0 Å². The van der Waals surface area contributed by atoms with Crippen molar-refractivity contribution in [2.24, 2.45) is 0 Å². The van der Waals surface area contributed by atoms with Crippen LogP contribution in [0.4, 0.5) is 5.69 Å². The highest BCUT2D eigenvalue weighted by atomic mass is 79.9. The summed E-state index contributed by atoms with van der Waals surface area (Å²) in [6, 6.07) is 5.30. The van der Waals surface area contributed by atoms with Gasteiger partial charge in [-0.15, -0.1) is 0 Å². The van der Waals surface area contributed by atoms with E-state index >= 15 is 0 Å². The molecular formula is C12H17BrN2O. The molecule has 1 aromatic carbocycles. The van der Waals surface area contributed by atoms with Crippen molar-refractivity contribution >= 4 is 27.5 Å². The van der Waals surface area contributed by atoms with E-state index in [9.17, 15) is 4.79 Å². The van der Waals surface area contributed by atoms with Crippen LogP contribution in [0.25, 0.3) is 0 Å². The summed E-state index contributed by atoms with van der Waals surface area (Å²) in [5.74, 6) is 0.0310. The lowest BCUT2D eigenvalue weighted by Crippen LogP contribution is -2.31. The van der Waals surface area contributed by atoms with Gasteiger partial charge >= 0.3 is 0 Å². The van der Waals surface area contributed by atoms with E-state index in [4.69, 9.17) is 5.73 Å². The van der Waals surface area contributed by atoms with Crippen LogP contribution < -0.4 is 5.73 Å². The predicted molar refractivity (Wildman–Crippen MR) is 70.4 cm³/mol. The Morgan fingerprint density at radius 2 is 2.12 bits per heavy atom. The molecule has 0 aliphatic heterocycles. The summed E-state index contributed by atoms with van der Waals surface area (Å²) < 4.78 is 0.793. The number of nitrogens with two attached hydrogens (primary N) is 1. The van der Waals surface area contributed by atoms with Gasteiger partial charge in [-0.25, -0.2) is 0 Å². The fourth-order valence-corrected chi connectivity index (χ4v) is 1.97. The molecule has 0 aromatic heterocycles. The van der Waals surface area contributed by atoms with E-state index in [0.717, 1.165) is 17.4 Å². The molecule has 1 rings (SSSR count). The van der Waals surface area contributed by atoms with Gasteiger partial charge in [-0.2, -0.15) is 0 Å². The highest BCUT2D eigenvalue weighted by Crippen LogP contribution is 2.21. The van der Waals surface area contributed by atoms with Gasteiger partial charge in [0.2, 0.25) is 0 Å². The van der Waals surface area contributed by atoms with Crippen LogP contribution >= 0.6 is 15.9 Å². The van der Waals surface area contributed by atoms with Crippen LogP contribution in [0.2, 0.25) is 0 Å². The Morgan fingerprint density at radius 3 is 2.69 bits per heavy atom. The number of hydrogen-bond acceptors (Lipinski definition) is 2. The molecule has 0 heterocycles. The van der Waals surface area contributed by atoms with Crippen molar-refractivity contribution in [1.29, 1.82) is 0 Å². The number of nitrogens with zero attached hydrogens (tertiary/aromatic N) is 1. The first-order chi connectivity index (χ1) is 7.60. The topological polar surface area (TPSA) is 46.3 Å². The number of hydrogen-bond donors (Lipinski definition) is 1. The third-order valence-corrected chi connectivity index (χ3v) is 3.07. The van der Waals surface area contributed by atoms with Crippen LogP contribution in [0.15, 0.2) is 22.7 Å². The fourth-order valence-electron chi connectivity index (χ4n) is 1.55. The largest absolute Gasteiger partial charge is 0.399 e. The van der Waals surface area contributed by atoms with Gasteiger partial charge in [0.05, 0.1) is 5.56 Å². The third-order valence-electron chi connectivity index (χ3n) is 2.38. The van der Waals surface area contributed by atoms with E-state index in [1.165, 1.54) is 0 Å². The Labute approximate surface area is 105 Å². The van der Waals surface area contributed by atoms with Crippen LogP contribution in [0.3, 0.4) is 0 Å². The summed E-state index contributed by atoms with van der Waals surface area (Å²) in [4.78, 5) is 14.0. The van der Waals surface area contributed by atoms with Crippen molar-refractivity contribution < 1.29 is 4.79 Å². The molecule has 0 saturated carbocycles. The summed E-state index contributed by atoms with van der Waals surface area (Å²) in [7, 11) is 0. The van der Waals surface area contributed by atoms with Crippen LogP contribution in [-0.4, -0.2) is 23.9 Å². The summed E-state index contributed by atoms with van der Waals surface area (Å²) >= 11 is 3.38. The number of halogens is 1. The normalized spacial score (nSPS) is 10.2. The molecule has 0 radical (unpaired) electrons. The maximum absolute atomic E-state index is 12.2. The summed E-state index contributed by atoms with van der Waals surface area (Å²) in [5.41, 5.74) is 6.93. The highest BCUT2D eigenvalue weighted by molar-refractivity contribution is 9.10. The van der Waals surface area contributed by atoms with E-state index in [-0.39, 0.29) is 5.91 Å². The van der Waals surface area contributed by atoms with Crippen molar-refractivity contribution in [2.75, 3.05) is 18.8 Å². The third kappa shape index (κ3) is 2.98. The predicted octanol–water partition coefficient (Wildman–Crippen LogP) is 2.90. The maximum atomic E-state index is 12.2. The molecule has 4 heteroatoms. The lowest BCUT2D eigenvalue weighted by Gasteiger charge is -2.20. The molecule has 0 unspecified atom stereocenters. The van der Waals surface area contributed by atoms with Crippen molar-refractivity contribution in [1.82, 2.24) is 4.90 Å². The van der Waals surface area contributed by atoms with Crippen molar-refractivity contribution in [2.45, 2.75) is 20.3 Å². The van der Waals surface area contributed by atoms with Gasteiger partial charge in [0, 0.05) is 23.2 Å². The Kier molecular flexibility index (Phi) is 4.80. The number of carbonyl (C=O) groups is 1. The molecule has 2 N–H and O–H groups in total. The lowest BCUT2D eigenvalue weighted by atomic mass is 10.1. The zero-order chi connectivity index (χ0) is 12.1. The number of nitrogen functional groups attached to an aromatic ring is 1. The molecule has 88 valence electrons. The molecule has 16 heavy (non-hydrogen) atoms. The standard InChI is InChI=1S/C12H17BrN2O/c1-3-7-15(4-2)12(16)10-8-9(14)5-6-11(10)13/h5-6,8H,3-4,7,14H2,1-2H3. The summed E-state index contributed by atoms with van der Waals surface area (Å²) in [5, 5.41) is 0. The highest BCUT2D eigenvalue weighted by Gasteiger charge is 2.16. The number of benzene rings is 1. The molecule has 0 spiro atoms. The SMILES string of the molecule is CCCN(CC)C(=O)c1cc(N)ccc1Br. The van der Waals surface area contributed by atoms with E-state index in [0.29, 0.717) is 17.8 Å². The molecule has 1 aromatic rings. The first kappa shape index (κ1) is 13.0. The van der Waals surface area contributed by atoms with Gasteiger partial charge < -0.3 is 10.6 Å². The molecule has 0 fully saturated rings. The van der Waals surface area contributed by atoms with Gasteiger partial charge in [-0.05, 0) is 47.5 Å². The second-order valence-electron chi connectivity index (χ2n) is 3.62. The average molecular weight is 285 g/mol. The zero-order valence-electron chi connectivity index (χ0n) is 9.66. The minimum absolute atomic E-state index is 0.0310. The summed E-state index contributed by atoms with van der Waals surface area (Å²) in [6.45, 7) is 5.53. The smallest absolute Gasteiger partial charge is 0.255 e. The number of amides is 1. The minimum atomic E-state index is 0.0310. The molecule has 0 saturated heterocycles. The second kappa shape index (κ2) is 5.89. The molecular weight excluding hydrogens is 268 g/mol. The molecule has 3 nitrogen and oxygen atoms in total. The van der Waals surface area contributed by atoms with Gasteiger partial charge in [0.15, 0.2) is 0 Å². The van der Waals surface area contributed by atoms with Gasteiger partial charge in [0.25, 0.3) is 5.91 Å². The molecule has 0 bridgehead atoms. The summed E-state index contributed by atoms with van der Waals surface area (Å²) in [6.07, 6.45) is 0.958. The van der Waals surface area contributed by atoms with Crippen LogP contribution in [0.1, 0.15) is 30.6 Å². The first-order valence-electron chi connectivity index (χ1n) is 5.44. The van der Waals surface area contributed by atoms with E-state index in [1.807, 2.05) is 17.9 Å². The molecule has 0 aliphatic carbocycles. The van der Waals surface area contributed by atoms with Crippen molar-refractivity contribution in [3.63, 3.8) is 0 Å². The van der Waals surface area contributed by atoms with E-state index in [1.54, 1.807) is 12.1 Å². The number of carbonyl (C=O) groups excluding carboxylic acids is 1. The van der Waals surface area contributed by atoms with Crippen molar-refractivity contribution in [3.05, 3.63) is 28.2 Å². The fraction of sp³-hybridized carbons (Fsp3) is 0.417. The van der Waals surface area contributed by atoms with Crippen LogP contribution in [0.5, 0.6) is 0 Å². The monoisotopic (exact) mass is 284 g/mol. The Bertz CT molecular complexity index is 379. The molecule has 0 atom stereocenters. The molecule has 1 amide bonds. The average Bonchev–Trinajstić information content (AvgIpc) is 2.28. The second-order valence-corrected chi connectivity index (χ2v) is 4.48. The first-order valence-corrected chi connectivity index (χ1v) is 6.23. The number of anilines is 1. The number of rotatable bonds is 4.